The van der Waals surface area contributed by atoms with Gasteiger partial charge in [-0.1, -0.05) is 42.5 Å². The van der Waals surface area contributed by atoms with Gasteiger partial charge in [-0.3, -0.25) is 0 Å². The second-order valence-electron chi connectivity index (χ2n) is 5.56. The Balaban J connectivity index is 2.30. The minimum Gasteiger partial charge on any atom is -0.320 e. The van der Waals surface area contributed by atoms with E-state index >= 15 is 0 Å². The van der Waals surface area contributed by atoms with Gasteiger partial charge in [0, 0.05) is 6.54 Å². The first-order valence-corrected chi connectivity index (χ1v) is 6.73. The fourth-order valence-corrected chi connectivity index (χ4v) is 2.55. The maximum atomic E-state index is 13.0. The zero-order chi connectivity index (χ0) is 14.6. The molecule has 3 heteroatoms. The third-order valence-corrected chi connectivity index (χ3v) is 3.38. The first-order chi connectivity index (χ1) is 9.49. The maximum Gasteiger partial charge on any atom is 0.123 e. The Morgan fingerprint density at radius 3 is 2.15 bits per heavy atom. The van der Waals surface area contributed by atoms with Gasteiger partial charge in [-0.2, -0.15) is 0 Å². The fourth-order valence-electron chi connectivity index (χ4n) is 2.55. The average Bonchev–Trinajstić information content (AvgIpc) is 2.42. The molecule has 0 heterocycles. The summed E-state index contributed by atoms with van der Waals surface area (Å²) in [7, 11) is 4.02. The molecule has 0 aliphatic carbocycles. The highest BCUT2D eigenvalue weighted by Gasteiger charge is 2.28. The minimum absolute atomic E-state index is 0.219. The SMILES string of the molecule is CN(C)CC(N)(Cc1ccc(F)cc1)c1ccccc1. The van der Waals surface area contributed by atoms with E-state index in [1.54, 1.807) is 12.1 Å². The second kappa shape index (κ2) is 6.16. The third-order valence-electron chi connectivity index (χ3n) is 3.38. The second-order valence-corrected chi connectivity index (χ2v) is 5.56. The average molecular weight is 272 g/mol. The van der Waals surface area contributed by atoms with Gasteiger partial charge in [0.2, 0.25) is 0 Å². The third kappa shape index (κ3) is 3.65. The first-order valence-electron chi connectivity index (χ1n) is 6.73. The molecule has 0 saturated carbocycles. The summed E-state index contributed by atoms with van der Waals surface area (Å²) in [6.45, 7) is 0.731. The molecule has 0 fully saturated rings. The number of hydrogen-bond donors (Lipinski definition) is 1. The molecule has 0 aromatic heterocycles. The molecular formula is C17H21FN2. The van der Waals surface area contributed by atoms with Gasteiger partial charge >= 0.3 is 0 Å². The quantitative estimate of drug-likeness (QED) is 0.907. The number of hydrogen-bond acceptors (Lipinski definition) is 2. The van der Waals surface area contributed by atoms with Crippen molar-refractivity contribution in [2.45, 2.75) is 12.0 Å². The van der Waals surface area contributed by atoms with Crippen LogP contribution < -0.4 is 5.73 Å². The lowest BCUT2D eigenvalue weighted by atomic mass is 9.84. The normalized spacial score (nSPS) is 14.2. The highest BCUT2D eigenvalue weighted by atomic mass is 19.1. The lowest BCUT2D eigenvalue weighted by Crippen LogP contribution is -2.47. The van der Waals surface area contributed by atoms with Gasteiger partial charge in [-0.25, -0.2) is 4.39 Å². The minimum atomic E-state index is -0.484. The van der Waals surface area contributed by atoms with E-state index in [1.165, 1.54) is 12.1 Å². The molecule has 0 saturated heterocycles. The van der Waals surface area contributed by atoms with Crippen molar-refractivity contribution >= 4 is 0 Å². The van der Waals surface area contributed by atoms with E-state index in [1.807, 2.05) is 44.4 Å². The molecule has 0 bridgehead atoms. The Kier molecular flexibility index (Phi) is 4.53. The Labute approximate surface area is 120 Å². The van der Waals surface area contributed by atoms with Crippen LogP contribution in [0.1, 0.15) is 11.1 Å². The topological polar surface area (TPSA) is 29.3 Å². The highest BCUT2D eigenvalue weighted by Crippen LogP contribution is 2.24. The molecule has 106 valence electrons. The summed E-state index contributed by atoms with van der Waals surface area (Å²) in [5.41, 5.74) is 8.31. The zero-order valence-corrected chi connectivity index (χ0v) is 12.0. The van der Waals surface area contributed by atoms with Gasteiger partial charge in [0.15, 0.2) is 0 Å². The summed E-state index contributed by atoms with van der Waals surface area (Å²) >= 11 is 0. The van der Waals surface area contributed by atoms with Crippen LogP contribution >= 0.6 is 0 Å². The van der Waals surface area contributed by atoms with E-state index in [-0.39, 0.29) is 5.82 Å². The van der Waals surface area contributed by atoms with Crippen LogP contribution in [0.15, 0.2) is 54.6 Å². The number of likely N-dealkylation sites (N-methyl/N-ethyl adjacent to an activating group) is 1. The van der Waals surface area contributed by atoms with Crippen molar-refractivity contribution in [3.63, 3.8) is 0 Å². The van der Waals surface area contributed by atoms with Crippen LogP contribution in [0.3, 0.4) is 0 Å². The summed E-state index contributed by atoms with van der Waals surface area (Å²) in [4.78, 5) is 2.08. The van der Waals surface area contributed by atoms with Crippen LogP contribution in [0.4, 0.5) is 4.39 Å². The molecule has 0 aliphatic heterocycles. The van der Waals surface area contributed by atoms with E-state index in [4.69, 9.17) is 5.73 Å². The summed E-state index contributed by atoms with van der Waals surface area (Å²) in [6, 6.07) is 16.6. The molecule has 20 heavy (non-hydrogen) atoms. The Morgan fingerprint density at radius 2 is 1.60 bits per heavy atom. The summed E-state index contributed by atoms with van der Waals surface area (Å²) in [5.74, 6) is -0.219. The number of rotatable bonds is 5. The van der Waals surface area contributed by atoms with E-state index in [2.05, 4.69) is 4.90 Å². The molecule has 0 radical (unpaired) electrons. The van der Waals surface area contributed by atoms with E-state index in [9.17, 15) is 4.39 Å². The molecule has 0 aliphatic rings. The van der Waals surface area contributed by atoms with Crippen molar-refractivity contribution in [1.82, 2.24) is 4.90 Å². The van der Waals surface area contributed by atoms with E-state index in [0.717, 1.165) is 17.7 Å². The largest absolute Gasteiger partial charge is 0.320 e. The Hall–Kier alpha value is -1.71. The van der Waals surface area contributed by atoms with Crippen molar-refractivity contribution < 1.29 is 4.39 Å². The molecule has 1 unspecified atom stereocenters. The fraction of sp³-hybridized carbons (Fsp3) is 0.294. The summed E-state index contributed by atoms with van der Waals surface area (Å²) in [5, 5.41) is 0. The van der Waals surface area contributed by atoms with Crippen LogP contribution in [-0.2, 0) is 12.0 Å². The van der Waals surface area contributed by atoms with Crippen molar-refractivity contribution in [3.05, 3.63) is 71.5 Å². The van der Waals surface area contributed by atoms with Gasteiger partial charge in [-0.15, -0.1) is 0 Å². The van der Waals surface area contributed by atoms with Crippen molar-refractivity contribution in [2.24, 2.45) is 5.73 Å². The molecule has 1 atom stereocenters. The van der Waals surface area contributed by atoms with Gasteiger partial charge in [-0.05, 0) is 43.8 Å². The maximum absolute atomic E-state index is 13.0. The predicted octanol–water partition coefficient (Wildman–Crippen LogP) is 2.78. The molecule has 2 nitrogen and oxygen atoms in total. The summed E-state index contributed by atoms with van der Waals surface area (Å²) in [6.07, 6.45) is 0.676. The Bertz CT molecular complexity index is 537. The standard InChI is InChI=1S/C17H21FN2/c1-20(2)13-17(19,15-6-4-3-5-7-15)12-14-8-10-16(18)11-9-14/h3-11H,12-13,19H2,1-2H3. The lowest BCUT2D eigenvalue weighted by Gasteiger charge is -2.33. The molecule has 0 amide bonds. The summed E-state index contributed by atoms with van der Waals surface area (Å²) < 4.78 is 13.0. The Morgan fingerprint density at radius 1 is 1.00 bits per heavy atom. The van der Waals surface area contributed by atoms with Crippen LogP contribution in [0.5, 0.6) is 0 Å². The smallest absolute Gasteiger partial charge is 0.123 e. The van der Waals surface area contributed by atoms with Crippen LogP contribution in [0.25, 0.3) is 0 Å². The highest BCUT2D eigenvalue weighted by molar-refractivity contribution is 5.29. The molecule has 2 N–H and O–H groups in total. The molecule has 2 aromatic rings. The van der Waals surface area contributed by atoms with Crippen molar-refractivity contribution in [2.75, 3.05) is 20.6 Å². The van der Waals surface area contributed by atoms with Crippen molar-refractivity contribution in [3.8, 4) is 0 Å². The number of halogens is 1. The molecular weight excluding hydrogens is 251 g/mol. The zero-order valence-electron chi connectivity index (χ0n) is 12.0. The number of benzene rings is 2. The lowest BCUT2D eigenvalue weighted by molar-refractivity contribution is 0.283. The number of nitrogens with zero attached hydrogens (tertiary/aromatic N) is 1. The molecule has 0 spiro atoms. The van der Waals surface area contributed by atoms with Gasteiger partial charge in [0.25, 0.3) is 0 Å². The first kappa shape index (κ1) is 14.7. The van der Waals surface area contributed by atoms with Crippen molar-refractivity contribution in [1.29, 1.82) is 0 Å². The van der Waals surface area contributed by atoms with E-state index in [0.29, 0.717) is 6.42 Å². The van der Waals surface area contributed by atoms with Crippen LogP contribution in [0.2, 0.25) is 0 Å². The van der Waals surface area contributed by atoms with Gasteiger partial charge in [0.05, 0.1) is 5.54 Å². The van der Waals surface area contributed by atoms with E-state index < -0.39 is 5.54 Å². The van der Waals surface area contributed by atoms with Crippen LogP contribution in [-0.4, -0.2) is 25.5 Å². The van der Waals surface area contributed by atoms with Crippen LogP contribution in [0, 0.1) is 5.82 Å². The number of nitrogens with two attached hydrogens (primary N) is 1. The monoisotopic (exact) mass is 272 g/mol. The van der Waals surface area contributed by atoms with Gasteiger partial charge < -0.3 is 10.6 Å². The molecule has 2 aromatic carbocycles. The molecule has 2 rings (SSSR count). The van der Waals surface area contributed by atoms with Gasteiger partial charge in [0.1, 0.15) is 5.82 Å². The predicted molar refractivity (Wildman–Crippen MR) is 81.0 cm³/mol.